The van der Waals surface area contributed by atoms with Crippen molar-refractivity contribution in [3.63, 3.8) is 0 Å². The van der Waals surface area contributed by atoms with Gasteiger partial charge in [-0.1, -0.05) is 64.5 Å². The molecule has 7 heteroatoms. The Labute approximate surface area is 246 Å². The number of hydrogen-bond acceptors (Lipinski definition) is 6. The van der Waals surface area contributed by atoms with Crippen molar-refractivity contribution in [1.82, 2.24) is 9.97 Å². The SMILES string of the molecule is CC(C)c1ncc(-c2ccnc(N(C)C(=O)C3CCCCC3)c2)o1.CO.COc1ccc(C2CCCCC2)cc1C. The Morgan fingerprint density at radius 3 is 2.22 bits per heavy atom. The van der Waals surface area contributed by atoms with Crippen LogP contribution in [0.1, 0.15) is 107 Å². The summed E-state index contributed by atoms with van der Waals surface area (Å²) in [5.41, 5.74) is 3.66. The highest BCUT2D eigenvalue weighted by molar-refractivity contribution is 5.94. The van der Waals surface area contributed by atoms with Crippen LogP contribution in [0.3, 0.4) is 0 Å². The Morgan fingerprint density at radius 1 is 0.976 bits per heavy atom. The Hall–Kier alpha value is -3.19. The predicted octanol–water partition coefficient (Wildman–Crippen LogP) is 8.06. The van der Waals surface area contributed by atoms with E-state index < -0.39 is 0 Å². The predicted molar refractivity (Wildman–Crippen MR) is 166 cm³/mol. The molecule has 0 radical (unpaired) electrons. The third-order valence-electron chi connectivity index (χ3n) is 8.17. The summed E-state index contributed by atoms with van der Waals surface area (Å²) in [5.74, 6) is 4.43. The lowest BCUT2D eigenvalue weighted by molar-refractivity contribution is -0.123. The van der Waals surface area contributed by atoms with Crippen molar-refractivity contribution in [3.8, 4) is 17.1 Å². The summed E-state index contributed by atoms with van der Waals surface area (Å²) in [7, 11) is 4.55. The molecule has 1 amide bonds. The number of aryl methyl sites for hydroxylation is 1. The zero-order chi connectivity index (χ0) is 29.8. The second-order valence-electron chi connectivity index (χ2n) is 11.4. The van der Waals surface area contributed by atoms with Crippen LogP contribution in [0.5, 0.6) is 5.75 Å². The molecule has 2 aliphatic carbocycles. The summed E-state index contributed by atoms with van der Waals surface area (Å²) >= 11 is 0. The molecule has 3 aromatic rings. The molecule has 0 spiro atoms. The van der Waals surface area contributed by atoms with E-state index in [2.05, 4.69) is 35.1 Å². The van der Waals surface area contributed by atoms with Gasteiger partial charge in [0.25, 0.3) is 0 Å². The number of oxazole rings is 1. The number of aromatic nitrogens is 2. The van der Waals surface area contributed by atoms with Gasteiger partial charge in [0.2, 0.25) is 5.91 Å². The van der Waals surface area contributed by atoms with Crippen LogP contribution in [0.25, 0.3) is 11.3 Å². The second kappa shape index (κ2) is 16.3. The number of hydrogen-bond donors (Lipinski definition) is 1. The maximum Gasteiger partial charge on any atom is 0.230 e. The smallest absolute Gasteiger partial charge is 0.230 e. The molecule has 5 rings (SSSR count). The van der Waals surface area contributed by atoms with Gasteiger partial charge in [-0.3, -0.25) is 9.69 Å². The number of nitrogens with zero attached hydrogens (tertiary/aromatic N) is 3. The fourth-order valence-corrected chi connectivity index (χ4v) is 5.77. The molecule has 2 fully saturated rings. The van der Waals surface area contributed by atoms with Gasteiger partial charge in [-0.25, -0.2) is 9.97 Å². The fraction of sp³-hybridized carbons (Fsp3) is 0.559. The molecular formula is C34H49N3O4. The van der Waals surface area contributed by atoms with Gasteiger partial charge in [0.05, 0.1) is 13.3 Å². The maximum atomic E-state index is 12.7. The van der Waals surface area contributed by atoms with Crippen LogP contribution < -0.4 is 9.64 Å². The van der Waals surface area contributed by atoms with E-state index in [0.717, 1.165) is 55.9 Å². The summed E-state index contributed by atoms with van der Waals surface area (Å²) in [6.45, 7) is 6.22. The normalized spacial score (nSPS) is 15.8. The molecule has 1 aromatic carbocycles. The molecule has 41 heavy (non-hydrogen) atoms. The summed E-state index contributed by atoms with van der Waals surface area (Å²) in [5, 5.41) is 7.00. The monoisotopic (exact) mass is 563 g/mol. The van der Waals surface area contributed by atoms with E-state index >= 15 is 0 Å². The standard InChI is InChI=1S/C19H25N3O2.C14H20O.CH4O/c1-13(2)18-21-12-16(24-18)15-9-10-20-17(11-15)22(3)19(23)14-7-5-4-6-8-14;1-11-10-13(8-9-14(11)15-2)12-6-4-3-5-7-12;1-2/h9-14H,4-8H2,1-3H3;8-10,12H,3-7H2,1-2H3;2H,1H3. The number of aliphatic hydroxyl groups excluding tert-OH is 1. The maximum absolute atomic E-state index is 12.7. The van der Waals surface area contributed by atoms with Crippen LogP contribution in [0.4, 0.5) is 5.82 Å². The van der Waals surface area contributed by atoms with Gasteiger partial charge in [-0.15, -0.1) is 0 Å². The molecule has 2 aromatic heterocycles. The van der Waals surface area contributed by atoms with Crippen LogP contribution in [-0.4, -0.2) is 42.2 Å². The Bertz CT molecular complexity index is 1210. The Morgan fingerprint density at radius 2 is 1.63 bits per heavy atom. The molecule has 2 aliphatic rings. The van der Waals surface area contributed by atoms with Gasteiger partial charge >= 0.3 is 0 Å². The third-order valence-corrected chi connectivity index (χ3v) is 8.17. The Kier molecular flexibility index (Phi) is 12.9. The Balaban J connectivity index is 0.000000233. The van der Waals surface area contributed by atoms with E-state index in [4.69, 9.17) is 14.3 Å². The highest BCUT2D eigenvalue weighted by atomic mass is 16.5. The number of anilines is 1. The van der Waals surface area contributed by atoms with Crippen molar-refractivity contribution in [1.29, 1.82) is 0 Å². The first-order chi connectivity index (χ1) is 19.9. The molecule has 0 aliphatic heterocycles. The van der Waals surface area contributed by atoms with Gasteiger partial charge in [0.15, 0.2) is 11.7 Å². The first-order valence-electron chi connectivity index (χ1n) is 15.2. The summed E-state index contributed by atoms with van der Waals surface area (Å²) in [6.07, 6.45) is 15.9. The highest BCUT2D eigenvalue weighted by Crippen LogP contribution is 2.34. The lowest BCUT2D eigenvalue weighted by atomic mass is 9.83. The second-order valence-corrected chi connectivity index (χ2v) is 11.4. The molecular weight excluding hydrogens is 514 g/mol. The molecule has 0 atom stereocenters. The molecule has 0 bridgehead atoms. The van der Waals surface area contributed by atoms with Crippen LogP contribution in [0.15, 0.2) is 47.1 Å². The van der Waals surface area contributed by atoms with Crippen LogP contribution in [0.2, 0.25) is 0 Å². The minimum Gasteiger partial charge on any atom is -0.496 e. The van der Waals surface area contributed by atoms with Gasteiger partial charge in [0.1, 0.15) is 11.6 Å². The number of ether oxygens (including phenoxy) is 1. The van der Waals surface area contributed by atoms with Crippen LogP contribution in [0, 0.1) is 12.8 Å². The van der Waals surface area contributed by atoms with Crippen LogP contribution in [-0.2, 0) is 4.79 Å². The minimum atomic E-state index is 0.132. The van der Waals surface area contributed by atoms with Gasteiger partial charge in [-0.05, 0) is 67.9 Å². The number of carbonyl (C=O) groups excluding carboxylic acids is 1. The average Bonchev–Trinajstić information content (AvgIpc) is 3.54. The quantitative estimate of drug-likeness (QED) is 0.326. The molecule has 224 valence electrons. The van der Waals surface area contributed by atoms with E-state index in [1.165, 1.54) is 49.7 Å². The van der Waals surface area contributed by atoms with E-state index in [-0.39, 0.29) is 17.7 Å². The van der Waals surface area contributed by atoms with E-state index in [0.29, 0.717) is 11.6 Å². The fourth-order valence-electron chi connectivity index (χ4n) is 5.77. The molecule has 0 unspecified atom stereocenters. The van der Waals surface area contributed by atoms with Gasteiger partial charge in [-0.2, -0.15) is 0 Å². The van der Waals surface area contributed by atoms with Crippen molar-refractivity contribution in [2.24, 2.45) is 5.92 Å². The van der Waals surface area contributed by atoms with Gasteiger partial charge < -0.3 is 14.3 Å². The number of carbonyl (C=O) groups is 1. The first kappa shape index (κ1) is 32.3. The molecule has 7 nitrogen and oxygen atoms in total. The zero-order valence-corrected chi connectivity index (χ0v) is 25.9. The number of aliphatic hydroxyl groups is 1. The number of rotatable bonds is 6. The van der Waals surface area contributed by atoms with E-state index in [1.54, 1.807) is 24.4 Å². The number of amides is 1. The van der Waals surface area contributed by atoms with E-state index in [9.17, 15) is 4.79 Å². The molecule has 2 heterocycles. The van der Waals surface area contributed by atoms with E-state index in [1.807, 2.05) is 33.0 Å². The van der Waals surface area contributed by atoms with Crippen molar-refractivity contribution >= 4 is 11.7 Å². The topological polar surface area (TPSA) is 88.7 Å². The summed E-state index contributed by atoms with van der Waals surface area (Å²) in [6, 6.07) is 10.4. The molecule has 2 saturated carbocycles. The number of benzene rings is 1. The number of methoxy groups -OCH3 is 1. The van der Waals surface area contributed by atoms with Crippen molar-refractivity contribution in [2.45, 2.75) is 96.8 Å². The third kappa shape index (κ3) is 8.90. The summed E-state index contributed by atoms with van der Waals surface area (Å²) in [4.78, 5) is 23.0. The lowest BCUT2D eigenvalue weighted by Gasteiger charge is -2.26. The van der Waals surface area contributed by atoms with Crippen molar-refractivity contribution in [3.05, 3.63) is 59.7 Å². The lowest BCUT2D eigenvalue weighted by Crippen LogP contribution is -2.34. The first-order valence-corrected chi connectivity index (χ1v) is 15.2. The minimum absolute atomic E-state index is 0.132. The summed E-state index contributed by atoms with van der Waals surface area (Å²) < 4.78 is 11.1. The van der Waals surface area contributed by atoms with Crippen molar-refractivity contribution in [2.75, 3.05) is 26.2 Å². The zero-order valence-electron chi connectivity index (χ0n) is 25.9. The molecule has 1 N–H and O–H groups in total. The van der Waals surface area contributed by atoms with Gasteiger partial charge in [0, 0.05) is 37.8 Å². The largest absolute Gasteiger partial charge is 0.496 e. The van der Waals surface area contributed by atoms with Crippen LogP contribution >= 0.6 is 0 Å². The average molecular weight is 564 g/mol. The van der Waals surface area contributed by atoms with Crippen molar-refractivity contribution < 1.29 is 19.1 Å². The molecule has 0 saturated heterocycles. The highest BCUT2D eigenvalue weighted by Gasteiger charge is 2.25. The number of pyridine rings is 1.